The molecule has 1 atom stereocenters. The molecule has 0 amide bonds. The zero-order valence-electron chi connectivity index (χ0n) is 15.3. The molecule has 13 nitrogen and oxygen atoms in total. The van der Waals surface area contributed by atoms with Crippen LogP contribution in [-0.4, -0.2) is 26.4 Å². The molecule has 0 aliphatic rings. The number of hydrogen-bond acceptors (Lipinski definition) is 10. The molecule has 13 heteroatoms. The lowest BCUT2D eigenvalue weighted by molar-refractivity contribution is -0.404. The van der Waals surface area contributed by atoms with Gasteiger partial charge in [0.15, 0.2) is 5.66 Å². The van der Waals surface area contributed by atoms with Gasteiger partial charge in [0, 0.05) is 0 Å². The Bertz CT molecular complexity index is 760. The van der Waals surface area contributed by atoms with E-state index in [4.69, 9.17) is 16.2 Å². The van der Waals surface area contributed by atoms with Crippen LogP contribution in [0.1, 0.15) is 51.2 Å². The van der Waals surface area contributed by atoms with Gasteiger partial charge in [-0.05, 0) is 19.8 Å². The third kappa shape index (κ3) is 5.40. The number of hydrogen-bond donors (Lipinski definition) is 2. The Kier molecular flexibility index (Phi) is 7.46. The van der Waals surface area contributed by atoms with Gasteiger partial charge in [0.1, 0.15) is 11.7 Å². The summed E-state index contributed by atoms with van der Waals surface area (Å²) < 4.78 is 5.05. The monoisotopic (exact) mass is 399 g/mol. The van der Waals surface area contributed by atoms with Gasteiger partial charge in [0.25, 0.3) is 17.1 Å². The van der Waals surface area contributed by atoms with Gasteiger partial charge >= 0.3 is 5.97 Å². The van der Waals surface area contributed by atoms with E-state index in [1.807, 2.05) is 6.92 Å². The molecule has 0 aromatic heterocycles. The van der Waals surface area contributed by atoms with E-state index in [1.54, 1.807) is 0 Å². The minimum absolute atomic E-state index is 0.0802. The van der Waals surface area contributed by atoms with Crippen molar-refractivity contribution in [3.63, 3.8) is 0 Å². The molecular weight excluding hydrogens is 378 g/mol. The normalized spacial score (nSPS) is 12.3. The van der Waals surface area contributed by atoms with Crippen molar-refractivity contribution in [2.75, 3.05) is 0 Å². The zero-order chi connectivity index (χ0) is 21.6. The Balaban J connectivity index is 3.30. The highest BCUT2D eigenvalue weighted by molar-refractivity contribution is 5.80. The fraction of sp³-hybridized carbons (Fsp3) is 0.533. The number of carbonyl (C=O) groups is 1. The maximum atomic E-state index is 12.3. The Morgan fingerprint density at radius 3 is 1.96 bits per heavy atom. The molecule has 0 fully saturated rings. The van der Waals surface area contributed by atoms with Crippen molar-refractivity contribution in [1.82, 2.24) is 0 Å². The molecule has 0 saturated heterocycles. The molecule has 28 heavy (non-hydrogen) atoms. The first-order valence-corrected chi connectivity index (χ1v) is 8.32. The first-order valence-electron chi connectivity index (χ1n) is 8.32. The van der Waals surface area contributed by atoms with E-state index in [0.717, 1.165) is 19.8 Å². The molecular formula is C15H21N5O8. The lowest BCUT2D eigenvalue weighted by atomic mass is 10.0. The van der Waals surface area contributed by atoms with E-state index in [2.05, 4.69) is 0 Å². The first kappa shape index (κ1) is 22.9. The van der Waals surface area contributed by atoms with Crippen LogP contribution >= 0.6 is 0 Å². The Labute approximate surface area is 159 Å². The second-order valence-corrected chi connectivity index (χ2v) is 6.21. The number of non-ortho nitro benzene ring substituents is 1. The molecule has 0 bridgehead atoms. The van der Waals surface area contributed by atoms with Crippen LogP contribution in [0.4, 0.5) is 17.1 Å². The Morgan fingerprint density at radius 2 is 1.57 bits per heavy atom. The van der Waals surface area contributed by atoms with Crippen molar-refractivity contribution in [3.05, 3.63) is 48.0 Å². The predicted molar refractivity (Wildman–Crippen MR) is 96.2 cm³/mol. The summed E-state index contributed by atoms with van der Waals surface area (Å²) >= 11 is 0. The van der Waals surface area contributed by atoms with Crippen LogP contribution in [0.15, 0.2) is 12.1 Å². The average molecular weight is 399 g/mol. The molecule has 1 unspecified atom stereocenters. The molecule has 0 aliphatic heterocycles. The zero-order valence-corrected chi connectivity index (χ0v) is 15.3. The van der Waals surface area contributed by atoms with Gasteiger partial charge in [0.05, 0.1) is 26.9 Å². The lowest BCUT2D eigenvalue weighted by Crippen LogP contribution is -2.57. The number of nitro benzene ring substituents is 3. The summed E-state index contributed by atoms with van der Waals surface area (Å²) in [6.45, 7) is 3.09. The van der Waals surface area contributed by atoms with Crippen molar-refractivity contribution < 1.29 is 24.3 Å². The molecule has 0 radical (unpaired) electrons. The van der Waals surface area contributed by atoms with E-state index in [0.29, 0.717) is 18.6 Å². The van der Waals surface area contributed by atoms with Gasteiger partial charge in [-0.25, -0.2) is 4.79 Å². The van der Waals surface area contributed by atoms with Crippen LogP contribution in [0.25, 0.3) is 0 Å². The maximum absolute atomic E-state index is 12.3. The number of nitro groups is 3. The Morgan fingerprint density at radius 1 is 1.07 bits per heavy atom. The maximum Gasteiger partial charge on any atom is 0.341 e. The van der Waals surface area contributed by atoms with Crippen LogP contribution in [0, 0.1) is 30.3 Å². The van der Waals surface area contributed by atoms with Crippen molar-refractivity contribution >= 4 is 23.0 Å². The van der Waals surface area contributed by atoms with Gasteiger partial charge in [-0.1, -0.05) is 19.8 Å². The molecule has 0 saturated carbocycles. The van der Waals surface area contributed by atoms with Crippen LogP contribution < -0.4 is 11.5 Å². The number of carbonyl (C=O) groups excluding carboxylic acids is 1. The van der Waals surface area contributed by atoms with E-state index in [1.165, 1.54) is 0 Å². The summed E-state index contributed by atoms with van der Waals surface area (Å²) in [5.41, 5.74) is 6.30. The molecule has 1 aromatic rings. The minimum Gasteiger partial charge on any atom is -0.455 e. The van der Waals surface area contributed by atoms with Crippen molar-refractivity contribution in [3.8, 4) is 0 Å². The molecule has 154 valence electrons. The fourth-order valence-corrected chi connectivity index (χ4v) is 2.53. The second-order valence-electron chi connectivity index (χ2n) is 6.21. The highest BCUT2D eigenvalue weighted by Gasteiger charge is 2.38. The molecule has 0 spiro atoms. The van der Waals surface area contributed by atoms with Gasteiger partial charge < -0.3 is 16.2 Å². The number of esters is 1. The van der Waals surface area contributed by atoms with E-state index >= 15 is 0 Å². The summed E-state index contributed by atoms with van der Waals surface area (Å²) in [6.07, 6.45) is 0.731. The lowest BCUT2D eigenvalue weighted by Gasteiger charge is -2.24. The van der Waals surface area contributed by atoms with Crippen molar-refractivity contribution in [2.45, 2.75) is 51.3 Å². The highest BCUT2D eigenvalue weighted by atomic mass is 16.6. The predicted octanol–water partition coefficient (Wildman–Crippen LogP) is 2.21. The molecule has 1 aromatic carbocycles. The average Bonchev–Trinajstić information content (AvgIpc) is 2.60. The van der Waals surface area contributed by atoms with Crippen molar-refractivity contribution in [1.29, 1.82) is 0 Å². The smallest absolute Gasteiger partial charge is 0.341 e. The van der Waals surface area contributed by atoms with Gasteiger partial charge in [-0.2, -0.15) is 0 Å². The van der Waals surface area contributed by atoms with E-state index in [9.17, 15) is 35.1 Å². The highest BCUT2D eigenvalue weighted by Crippen LogP contribution is 2.39. The molecule has 0 heterocycles. The van der Waals surface area contributed by atoms with Crippen molar-refractivity contribution in [2.24, 2.45) is 11.5 Å². The fourth-order valence-electron chi connectivity index (χ4n) is 2.53. The molecule has 4 N–H and O–H groups in total. The number of ether oxygens (including phenoxy) is 1. The quantitative estimate of drug-likeness (QED) is 0.192. The molecule has 0 aliphatic carbocycles. The van der Waals surface area contributed by atoms with Gasteiger partial charge in [0.2, 0.25) is 0 Å². The second kappa shape index (κ2) is 9.14. The minimum atomic E-state index is -1.88. The van der Waals surface area contributed by atoms with Crippen LogP contribution in [0.5, 0.6) is 0 Å². The van der Waals surface area contributed by atoms with Crippen LogP contribution in [0.3, 0.4) is 0 Å². The topological polar surface area (TPSA) is 208 Å². The van der Waals surface area contributed by atoms with Crippen LogP contribution in [0.2, 0.25) is 0 Å². The third-order valence-electron chi connectivity index (χ3n) is 3.99. The number of unbranched alkanes of at least 4 members (excludes halogenated alkanes) is 2. The van der Waals surface area contributed by atoms with Gasteiger partial charge in [-0.3, -0.25) is 30.3 Å². The number of benzene rings is 1. The molecule has 1 rings (SSSR count). The summed E-state index contributed by atoms with van der Waals surface area (Å²) in [7, 11) is 0. The summed E-state index contributed by atoms with van der Waals surface area (Å²) in [6, 6.07) is 1.12. The standard InChI is InChI=1S/C15H21N5O8/c1-3-4-5-6-15(16,17)14(21)28-9(2)13-11(19(24)25)7-10(18(22)23)8-12(13)20(26)27/h7-9H,3-6,16-17H2,1-2H3. The largest absolute Gasteiger partial charge is 0.455 e. The summed E-state index contributed by atoms with van der Waals surface area (Å²) in [5.74, 6) is -1.10. The SMILES string of the molecule is CCCCCC(N)(N)C(=O)OC(C)c1c([N+](=O)[O-])cc([N+](=O)[O-])cc1[N+](=O)[O-]. The number of rotatable bonds is 10. The summed E-state index contributed by atoms with van der Waals surface area (Å²) in [4.78, 5) is 42.7. The van der Waals surface area contributed by atoms with Gasteiger partial charge in [-0.15, -0.1) is 0 Å². The summed E-state index contributed by atoms with van der Waals surface area (Å²) in [5, 5.41) is 33.5. The first-order chi connectivity index (χ1) is 12.9. The number of nitrogens with zero attached hydrogens (tertiary/aromatic N) is 3. The third-order valence-corrected chi connectivity index (χ3v) is 3.99. The Hall–Kier alpha value is -3.19. The van der Waals surface area contributed by atoms with E-state index in [-0.39, 0.29) is 6.42 Å². The van der Waals surface area contributed by atoms with Crippen LogP contribution in [-0.2, 0) is 9.53 Å². The number of nitrogens with two attached hydrogens (primary N) is 2. The van der Waals surface area contributed by atoms with E-state index < -0.39 is 55.1 Å².